The summed E-state index contributed by atoms with van der Waals surface area (Å²) in [6.45, 7) is 19.6. The first kappa shape index (κ1) is 33.3. The fourth-order valence-electron chi connectivity index (χ4n) is 4.73. The highest BCUT2D eigenvalue weighted by atomic mass is 35.5. The van der Waals surface area contributed by atoms with E-state index in [0.717, 1.165) is 75.8 Å². The largest absolute Gasteiger partial charge is 0.481 e. The summed E-state index contributed by atoms with van der Waals surface area (Å²) in [5, 5.41) is 18.9. The van der Waals surface area contributed by atoms with Gasteiger partial charge >= 0.3 is 5.97 Å². The van der Waals surface area contributed by atoms with Crippen LogP contribution in [0.15, 0.2) is 48.5 Å². The predicted molar refractivity (Wildman–Crippen MR) is 169 cm³/mol. The van der Waals surface area contributed by atoms with Crippen molar-refractivity contribution in [2.24, 2.45) is 5.41 Å². The van der Waals surface area contributed by atoms with Gasteiger partial charge in [-0.15, -0.1) is 0 Å². The molecule has 0 unspecified atom stereocenters. The number of carboxylic acids is 1. The summed E-state index contributed by atoms with van der Waals surface area (Å²) in [4.78, 5) is 18.9. The summed E-state index contributed by atoms with van der Waals surface area (Å²) < 4.78 is 0. The molecule has 0 radical (unpaired) electrons. The Bertz CT molecular complexity index is 1240. The lowest BCUT2D eigenvalue weighted by atomic mass is 9.82. The Kier molecular flexibility index (Phi) is 11.8. The van der Waals surface area contributed by atoms with Crippen molar-refractivity contribution in [1.29, 1.82) is 0 Å². The molecular formula is C34H47ClN2O3. The maximum Gasteiger partial charge on any atom is 0.307 e. The van der Waals surface area contributed by atoms with E-state index in [0.29, 0.717) is 5.41 Å². The molecule has 1 aliphatic heterocycles. The smallest absolute Gasteiger partial charge is 0.307 e. The van der Waals surface area contributed by atoms with Gasteiger partial charge in [-0.3, -0.25) is 9.78 Å². The van der Waals surface area contributed by atoms with Crippen LogP contribution in [0.25, 0.3) is 22.3 Å². The molecular weight excluding hydrogens is 520 g/mol. The van der Waals surface area contributed by atoms with Crippen LogP contribution in [-0.4, -0.2) is 39.9 Å². The molecule has 1 fully saturated rings. The van der Waals surface area contributed by atoms with E-state index < -0.39 is 11.6 Å². The van der Waals surface area contributed by atoms with Crippen molar-refractivity contribution in [3.05, 3.63) is 70.5 Å². The van der Waals surface area contributed by atoms with Crippen molar-refractivity contribution < 1.29 is 15.0 Å². The van der Waals surface area contributed by atoms with Crippen LogP contribution in [0.4, 0.5) is 5.69 Å². The number of aliphatic hydroxyl groups is 1. The summed E-state index contributed by atoms with van der Waals surface area (Å²) >= 11 is 6.04. The highest BCUT2D eigenvalue weighted by molar-refractivity contribution is 6.30. The van der Waals surface area contributed by atoms with E-state index in [1.807, 2.05) is 52.0 Å². The minimum Gasteiger partial charge on any atom is -0.481 e. The number of pyridine rings is 1. The van der Waals surface area contributed by atoms with Crippen molar-refractivity contribution in [3.8, 4) is 22.3 Å². The number of piperidine rings is 1. The summed E-state index contributed by atoms with van der Waals surface area (Å²) in [5.41, 5.74) is 7.72. The number of aryl methyl sites for hydroxylation is 2. The highest BCUT2D eigenvalue weighted by Gasteiger charge is 2.30. The fourth-order valence-corrected chi connectivity index (χ4v) is 4.86. The van der Waals surface area contributed by atoms with Gasteiger partial charge in [0.1, 0.15) is 0 Å². The van der Waals surface area contributed by atoms with E-state index in [-0.39, 0.29) is 6.42 Å². The zero-order valence-corrected chi connectivity index (χ0v) is 26.5. The minimum atomic E-state index is -0.827. The van der Waals surface area contributed by atoms with Crippen LogP contribution in [0.3, 0.4) is 0 Å². The zero-order chi connectivity index (χ0) is 30.3. The summed E-state index contributed by atoms with van der Waals surface area (Å²) in [6, 6.07) is 16.3. The van der Waals surface area contributed by atoms with Crippen LogP contribution in [-0.2, 0) is 11.2 Å². The van der Waals surface area contributed by atoms with Crippen LogP contribution in [0.5, 0.6) is 0 Å². The SMILES string of the molecule is CC.CC(C)(C)O.Cc1nc(C)c(-c2ccc(-c3ccc(Cl)cc3)cc2)c(N2CCC(C)(C)CC2)c1CC(=O)O. The second-order valence-electron chi connectivity index (χ2n) is 12.0. The van der Waals surface area contributed by atoms with Gasteiger partial charge in [-0.05, 0) is 81.7 Å². The highest BCUT2D eigenvalue weighted by Crippen LogP contribution is 2.41. The fraction of sp³-hybridized carbons (Fsp3) is 0.471. The van der Waals surface area contributed by atoms with E-state index in [4.69, 9.17) is 21.7 Å². The van der Waals surface area contributed by atoms with Gasteiger partial charge in [0, 0.05) is 40.6 Å². The quantitative estimate of drug-likeness (QED) is 0.323. The summed E-state index contributed by atoms with van der Waals surface area (Å²) in [7, 11) is 0. The maximum absolute atomic E-state index is 11.8. The molecule has 0 bridgehead atoms. The Morgan fingerprint density at radius 3 is 1.77 bits per heavy atom. The molecule has 2 aromatic carbocycles. The number of nitrogens with zero attached hydrogens (tertiary/aromatic N) is 2. The first-order valence-corrected chi connectivity index (χ1v) is 14.6. The lowest BCUT2D eigenvalue weighted by Gasteiger charge is -2.40. The van der Waals surface area contributed by atoms with Crippen LogP contribution in [0.2, 0.25) is 5.02 Å². The Balaban J connectivity index is 0.000000722. The number of hydrogen-bond acceptors (Lipinski definition) is 4. The minimum absolute atomic E-state index is 0.0236. The number of aliphatic carboxylic acids is 1. The van der Waals surface area contributed by atoms with Crippen molar-refractivity contribution >= 4 is 23.3 Å². The van der Waals surface area contributed by atoms with Gasteiger partial charge in [0.15, 0.2) is 0 Å². The Morgan fingerprint density at radius 1 is 0.900 bits per heavy atom. The summed E-state index contributed by atoms with van der Waals surface area (Å²) in [6.07, 6.45) is 2.13. The topological polar surface area (TPSA) is 73.7 Å². The molecule has 1 saturated heterocycles. The number of carbonyl (C=O) groups is 1. The molecule has 1 aromatic heterocycles. The van der Waals surface area contributed by atoms with Crippen LogP contribution in [0, 0.1) is 19.3 Å². The molecule has 2 N–H and O–H groups in total. The van der Waals surface area contributed by atoms with Crippen molar-refractivity contribution in [2.75, 3.05) is 18.0 Å². The molecule has 0 amide bonds. The number of aromatic nitrogens is 1. The number of benzene rings is 2. The van der Waals surface area contributed by atoms with E-state index >= 15 is 0 Å². The molecule has 218 valence electrons. The second kappa shape index (κ2) is 14.1. The third kappa shape index (κ3) is 9.64. The van der Waals surface area contributed by atoms with E-state index in [1.54, 1.807) is 20.8 Å². The van der Waals surface area contributed by atoms with Gasteiger partial charge in [0.2, 0.25) is 0 Å². The molecule has 0 atom stereocenters. The average molecular weight is 567 g/mol. The van der Waals surface area contributed by atoms with Crippen LogP contribution >= 0.6 is 11.6 Å². The Morgan fingerprint density at radius 2 is 1.32 bits per heavy atom. The predicted octanol–water partition coefficient (Wildman–Crippen LogP) is 8.74. The molecule has 0 spiro atoms. The number of rotatable bonds is 5. The van der Waals surface area contributed by atoms with Gasteiger partial charge in [-0.1, -0.05) is 75.7 Å². The molecule has 0 aliphatic carbocycles. The average Bonchev–Trinajstić information content (AvgIpc) is 2.86. The molecule has 6 heteroatoms. The van der Waals surface area contributed by atoms with Gasteiger partial charge in [0.25, 0.3) is 0 Å². The van der Waals surface area contributed by atoms with Crippen molar-refractivity contribution in [2.45, 2.75) is 87.2 Å². The van der Waals surface area contributed by atoms with Gasteiger partial charge in [-0.25, -0.2) is 0 Å². The molecule has 40 heavy (non-hydrogen) atoms. The first-order chi connectivity index (χ1) is 18.6. The number of anilines is 1. The number of halogens is 1. The third-order valence-electron chi connectivity index (χ3n) is 6.77. The van der Waals surface area contributed by atoms with Gasteiger partial charge in [0.05, 0.1) is 17.7 Å². The van der Waals surface area contributed by atoms with E-state index in [9.17, 15) is 9.90 Å². The monoisotopic (exact) mass is 566 g/mol. The molecule has 0 saturated carbocycles. The molecule has 5 nitrogen and oxygen atoms in total. The number of hydrogen-bond donors (Lipinski definition) is 2. The molecule has 1 aliphatic rings. The van der Waals surface area contributed by atoms with Crippen molar-refractivity contribution in [3.63, 3.8) is 0 Å². The molecule has 2 heterocycles. The number of carboxylic acid groups (broad SMARTS) is 1. The molecule has 4 rings (SSSR count). The van der Waals surface area contributed by atoms with Crippen LogP contribution < -0.4 is 4.90 Å². The normalized spacial score (nSPS) is 14.4. The first-order valence-electron chi connectivity index (χ1n) is 14.2. The zero-order valence-electron chi connectivity index (χ0n) is 25.7. The van der Waals surface area contributed by atoms with Gasteiger partial charge in [-0.2, -0.15) is 0 Å². The Labute approximate surface area is 246 Å². The van der Waals surface area contributed by atoms with Crippen molar-refractivity contribution in [1.82, 2.24) is 4.98 Å². The lowest BCUT2D eigenvalue weighted by Crippen LogP contribution is -2.38. The third-order valence-corrected chi connectivity index (χ3v) is 7.02. The molecule has 3 aromatic rings. The lowest BCUT2D eigenvalue weighted by molar-refractivity contribution is -0.136. The summed E-state index contributed by atoms with van der Waals surface area (Å²) in [5.74, 6) is -0.827. The second-order valence-corrected chi connectivity index (χ2v) is 12.4. The van der Waals surface area contributed by atoms with Crippen LogP contribution in [0.1, 0.15) is 78.3 Å². The Hall–Kier alpha value is -2.89. The standard InChI is InChI=1S/C28H31ClN2O2.C4H10O.C2H6/c1-18-24(17-25(32)33)27(31-15-13-28(3,4)14-16-31)26(19(2)30-18)22-7-5-20(6-8-22)21-9-11-23(29)12-10-21;1-4(2,3)5;1-2/h5-12H,13-17H2,1-4H3,(H,32,33);5H,1-3H3;1-2H3. The maximum atomic E-state index is 11.8. The van der Waals surface area contributed by atoms with E-state index in [1.165, 1.54) is 0 Å². The van der Waals surface area contributed by atoms with Gasteiger partial charge < -0.3 is 15.1 Å². The van der Waals surface area contributed by atoms with E-state index in [2.05, 4.69) is 43.0 Å².